The highest BCUT2D eigenvalue weighted by molar-refractivity contribution is 5.88. The largest absolute Gasteiger partial charge is 0.481 e. The number of unbranched alkanes of at least 4 members (excludes halogenated alkanes) is 34. The highest BCUT2D eigenvalue weighted by Crippen LogP contribution is 2.28. The Hall–Kier alpha value is -3.91. The van der Waals surface area contributed by atoms with Gasteiger partial charge in [0.25, 0.3) is 0 Å². The Morgan fingerprint density at radius 3 is 1.32 bits per heavy atom. The number of hydrogen-bond acceptors (Lipinski definition) is 15. The summed E-state index contributed by atoms with van der Waals surface area (Å²) in [6.45, 7) is 6.89. The van der Waals surface area contributed by atoms with Crippen LogP contribution in [0.2, 0.25) is 0 Å². The summed E-state index contributed by atoms with van der Waals surface area (Å²) >= 11 is 0. The molecule has 1 aliphatic rings. The van der Waals surface area contributed by atoms with Gasteiger partial charge in [0.15, 0.2) is 12.4 Å². The Labute approximate surface area is 524 Å². The smallest absolute Gasteiger partial charge is 0.329 e. The Morgan fingerprint density at radius 1 is 0.471 bits per heavy atom. The summed E-state index contributed by atoms with van der Waals surface area (Å²) in [5.74, 6) is -7.05. The van der Waals surface area contributed by atoms with Gasteiger partial charge in [0.2, 0.25) is 11.8 Å². The van der Waals surface area contributed by atoms with Crippen molar-refractivity contribution in [1.29, 1.82) is 0 Å². The average molecular weight is 1240 g/mol. The fourth-order valence-electron chi connectivity index (χ4n) is 11.2. The molecule has 1 rings (SSSR count). The first-order valence-electron chi connectivity index (χ1n) is 34.9. The van der Waals surface area contributed by atoms with Crippen LogP contribution in [-0.2, 0) is 57.2 Å². The van der Waals surface area contributed by atoms with Crippen LogP contribution in [-0.4, -0.2) is 135 Å². The molecule has 508 valence electrons. The first-order valence-corrected chi connectivity index (χ1v) is 34.9. The van der Waals surface area contributed by atoms with E-state index in [2.05, 4.69) is 38.3 Å². The lowest BCUT2D eigenvalue weighted by Crippen LogP contribution is -2.66. The molecule has 1 fully saturated rings. The number of rotatable bonds is 60. The maximum absolute atomic E-state index is 13.8. The van der Waals surface area contributed by atoms with Gasteiger partial charge in [-0.05, 0) is 32.1 Å². The second-order valence-electron chi connectivity index (χ2n) is 24.8. The number of aliphatic hydroxyl groups excluding tert-OH is 3. The molecular weight excluding hydrogens is 1120 g/mol. The Kier molecular flexibility index (Phi) is 51.2. The maximum Gasteiger partial charge on any atom is 0.329 e. The van der Waals surface area contributed by atoms with Gasteiger partial charge >= 0.3 is 29.8 Å². The number of aliphatic carboxylic acids is 2. The van der Waals surface area contributed by atoms with Crippen molar-refractivity contribution in [3.05, 3.63) is 0 Å². The van der Waals surface area contributed by atoms with E-state index >= 15 is 0 Å². The second kappa shape index (κ2) is 55.0. The third-order valence-corrected chi connectivity index (χ3v) is 16.5. The Bertz CT molecular complexity index is 1770. The normalized spacial score (nSPS) is 18.1. The highest BCUT2D eigenvalue weighted by atomic mass is 16.7. The van der Waals surface area contributed by atoms with Crippen molar-refractivity contribution in [3.63, 3.8) is 0 Å². The van der Waals surface area contributed by atoms with Crippen molar-refractivity contribution in [2.45, 2.75) is 378 Å². The number of carbonyl (C=O) groups is 7. The minimum absolute atomic E-state index is 0.190. The SMILES string of the molecule is CCCCCCCCCCCCCC(=O)O[C@H](CCCCCCCCCCC)CC(=O)N[C@H](CC(=O)O)C(=O)OC[C@H]1O[C@H](OCC(=O)O)[C@H](NC(=O)C[C@H](O)CCCCCCCCCCC)[C@@H](OC(=O)C[C@H](O)CCCCCCCCCCC)[C@@H]1O. The molecule has 0 aromatic carbocycles. The molecule has 0 saturated carbocycles. The first-order chi connectivity index (χ1) is 42.0. The molecular formula is C68H124N2O17. The standard InChI is InChI=1S/C68H124N2O17/c1-5-9-13-17-21-25-26-30-34-38-42-46-62(79)85-55(45-41-37-33-29-24-20-16-12-8-4)49-59(74)69-56(50-60(75)76)67(82)83-51-57-65(81)66(87-63(80)48-54(72)44-40-36-32-28-23-19-15-11-7-3)64(68(86-57)84-52-61(77)78)70-58(73)47-53(71)43-39-35-31-27-22-18-14-10-6-2/h53-57,64-66,68,71-72,81H,5-52H2,1-4H3,(H,69,74)(H,70,73)(H,75,76)(H,77,78)/t53-,54-,55-,56-,57-,64-,65-,66-,68+/m1/s1. The van der Waals surface area contributed by atoms with Gasteiger partial charge in [0.1, 0.15) is 43.6 Å². The van der Waals surface area contributed by atoms with Crippen LogP contribution in [0.15, 0.2) is 0 Å². The van der Waals surface area contributed by atoms with Gasteiger partial charge in [-0.15, -0.1) is 0 Å². The number of carbonyl (C=O) groups excluding carboxylic acids is 5. The molecule has 0 radical (unpaired) electrons. The van der Waals surface area contributed by atoms with Crippen LogP contribution in [0.25, 0.3) is 0 Å². The van der Waals surface area contributed by atoms with Gasteiger partial charge in [-0.25, -0.2) is 9.59 Å². The summed E-state index contributed by atoms with van der Waals surface area (Å²) in [6.07, 6.45) is 29.8. The van der Waals surface area contributed by atoms with Crippen LogP contribution in [0.5, 0.6) is 0 Å². The fourth-order valence-corrected chi connectivity index (χ4v) is 11.2. The zero-order valence-corrected chi connectivity index (χ0v) is 54.8. The molecule has 0 unspecified atom stereocenters. The van der Waals surface area contributed by atoms with Gasteiger partial charge in [-0.3, -0.25) is 24.0 Å². The molecule has 0 aliphatic carbocycles. The molecule has 1 heterocycles. The molecule has 1 saturated heterocycles. The molecule has 0 aromatic rings. The van der Waals surface area contributed by atoms with E-state index in [1.807, 2.05) is 0 Å². The van der Waals surface area contributed by atoms with Crippen LogP contribution >= 0.6 is 0 Å². The topological polar surface area (TPSA) is 291 Å². The van der Waals surface area contributed by atoms with Crippen molar-refractivity contribution in [2.24, 2.45) is 0 Å². The first kappa shape index (κ1) is 81.1. The van der Waals surface area contributed by atoms with Crippen LogP contribution < -0.4 is 10.6 Å². The van der Waals surface area contributed by atoms with Crippen molar-refractivity contribution in [2.75, 3.05) is 13.2 Å². The number of amides is 2. The summed E-state index contributed by atoms with van der Waals surface area (Å²) in [4.78, 5) is 91.9. The molecule has 9 atom stereocenters. The van der Waals surface area contributed by atoms with Crippen LogP contribution in [0.4, 0.5) is 0 Å². The minimum atomic E-state index is -1.91. The number of nitrogens with one attached hydrogen (secondary N) is 2. The molecule has 0 bridgehead atoms. The summed E-state index contributed by atoms with van der Waals surface area (Å²) < 4.78 is 28.7. The summed E-state index contributed by atoms with van der Waals surface area (Å²) in [7, 11) is 0. The monoisotopic (exact) mass is 1240 g/mol. The molecule has 2 amide bonds. The highest BCUT2D eigenvalue weighted by Gasteiger charge is 2.50. The Morgan fingerprint density at radius 2 is 0.885 bits per heavy atom. The van der Waals surface area contributed by atoms with E-state index in [1.54, 1.807) is 0 Å². The molecule has 7 N–H and O–H groups in total. The van der Waals surface area contributed by atoms with Crippen molar-refractivity contribution < 1.29 is 82.8 Å². The van der Waals surface area contributed by atoms with Crippen LogP contribution in [0, 0.1) is 0 Å². The summed E-state index contributed by atoms with van der Waals surface area (Å²) in [5.41, 5.74) is 0. The zero-order chi connectivity index (χ0) is 64.1. The van der Waals surface area contributed by atoms with Crippen molar-refractivity contribution in [3.8, 4) is 0 Å². The average Bonchev–Trinajstić information content (AvgIpc) is 2.19. The minimum Gasteiger partial charge on any atom is -0.481 e. The predicted octanol–water partition coefficient (Wildman–Crippen LogP) is 13.3. The van der Waals surface area contributed by atoms with Crippen molar-refractivity contribution >= 4 is 41.7 Å². The van der Waals surface area contributed by atoms with E-state index < -0.39 is 129 Å². The lowest BCUT2D eigenvalue weighted by molar-refractivity contribution is -0.274. The third-order valence-electron chi connectivity index (χ3n) is 16.5. The molecule has 1 aliphatic heterocycles. The van der Waals surface area contributed by atoms with Gasteiger partial charge < -0.3 is 59.9 Å². The van der Waals surface area contributed by atoms with E-state index in [-0.39, 0.29) is 12.8 Å². The van der Waals surface area contributed by atoms with Gasteiger partial charge in [-0.2, -0.15) is 0 Å². The summed E-state index contributed by atoms with van der Waals surface area (Å²) in [5, 5.41) is 58.2. The van der Waals surface area contributed by atoms with Crippen molar-refractivity contribution in [1.82, 2.24) is 10.6 Å². The molecule has 0 spiro atoms. The predicted molar refractivity (Wildman–Crippen MR) is 338 cm³/mol. The zero-order valence-electron chi connectivity index (χ0n) is 54.8. The van der Waals surface area contributed by atoms with Gasteiger partial charge in [0, 0.05) is 6.42 Å². The van der Waals surface area contributed by atoms with E-state index in [4.69, 9.17) is 23.7 Å². The summed E-state index contributed by atoms with van der Waals surface area (Å²) in [6, 6.07) is -3.33. The molecule has 0 aromatic heterocycles. The van der Waals surface area contributed by atoms with E-state index in [9.17, 15) is 59.1 Å². The van der Waals surface area contributed by atoms with E-state index in [1.165, 1.54) is 122 Å². The van der Waals surface area contributed by atoms with Gasteiger partial charge in [0.05, 0.1) is 37.9 Å². The van der Waals surface area contributed by atoms with E-state index in [0.717, 1.165) is 96.3 Å². The molecule has 19 nitrogen and oxygen atoms in total. The quantitative estimate of drug-likeness (QED) is 0.0169. The third kappa shape index (κ3) is 45.1. The molecule has 87 heavy (non-hydrogen) atoms. The lowest BCUT2D eigenvalue weighted by Gasteiger charge is -2.44. The number of esters is 3. The lowest BCUT2D eigenvalue weighted by atomic mass is 9.95. The van der Waals surface area contributed by atoms with Crippen LogP contribution in [0.1, 0.15) is 323 Å². The van der Waals surface area contributed by atoms with Gasteiger partial charge in [-0.1, -0.05) is 259 Å². The Balaban J connectivity index is 3.23. The number of hydrogen-bond donors (Lipinski definition) is 7. The maximum atomic E-state index is 13.8. The second-order valence-corrected chi connectivity index (χ2v) is 24.8. The number of aliphatic hydroxyl groups is 3. The number of carboxylic acid groups (broad SMARTS) is 2. The van der Waals surface area contributed by atoms with E-state index in [0.29, 0.717) is 44.9 Å². The van der Waals surface area contributed by atoms with Crippen LogP contribution in [0.3, 0.4) is 0 Å². The number of carboxylic acids is 2. The fraction of sp³-hybridized carbons (Fsp3) is 0.897. The molecule has 19 heteroatoms. The number of ether oxygens (including phenoxy) is 5.